The summed E-state index contributed by atoms with van der Waals surface area (Å²) in [7, 11) is 0. The van der Waals surface area contributed by atoms with Crippen molar-refractivity contribution in [3.63, 3.8) is 0 Å². The summed E-state index contributed by atoms with van der Waals surface area (Å²) in [5, 5.41) is 10.8. The van der Waals surface area contributed by atoms with E-state index in [1.165, 1.54) is 18.2 Å². The van der Waals surface area contributed by atoms with E-state index in [2.05, 4.69) is 0 Å². The van der Waals surface area contributed by atoms with E-state index in [-0.39, 0.29) is 17.9 Å². The van der Waals surface area contributed by atoms with Gasteiger partial charge in [0, 0.05) is 18.7 Å². The van der Waals surface area contributed by atoms with Crippen molar-refractivity contribution in [2.75, 3.05) is 11.4 Å². The first-order valence-corrected chi connectivity index (χ1v) is 6.63. The van der Waals surface area contributed by atoms with Crippen molar-refractivity contribution in [1.29, 1.82) is 0 Å². The fourth-order valence-corrected chi connectivity index (χ4v) is 2.53. The lowest BCUT2D eigenvalue weighted by Gasteiger charge is -2.17. The number of hydrogen-bond acceptors (Lipinski definition) is 3. The number of anilines is 1. The second kappa shape index (κ2) is 5.38. The number of hydrogen-bond donors (Lipinski definition) is 0. The molecule has 1 amide bonds. The molecule has 2 aromatic rings. The molecule has 0 bridgehead atoms. The van der Waals surface area contributed by atoms with Crippen molar-refractivity contribution >= 4 is 17.3 Å². The Labute approximate surface area is 128 Å². The van der Waals surface area contributed by atoms with Crippen molar-refractivity contribution in [2.45, 2.75) is 6.42 Å². The normalized spacial score (nSPS) is 13.1. The standard InChI is InChI=1S/C15H9F3N2O3/c16-11-4-3-10(13(17)14(11)18)15(21)19-6-5-8-1-2-9(20(22)23)7-12(8)19/h1-4,7H,5-6H2. The van der Waals surface area contributed by atoms with Crippen LogP contribution in [0.1, 0.15) is 15.9 Å². The highest BCUT2D eigenvalue weighted by Crippen LogP contribution is 2.33. The monoisotopic (exact) mass is 322 g/mol. The Kier molecular flexibility index (Phi) is 3.51. The van der Waals surface area contributed by atoms with Crippen LogP contribution in [0.3, 0.4) is 0 Å². The van der Waals surface area contributed by atoms with E-state index in [0.717, 1.165) is 11.0 Å². The molecule has 5 nitrogen and oxygen atoms in total. The maximum Gasteiger partial charge on any atom is 0.271 e. The largest absolute Gasteiger partial charge is 0.307 e. The number of non-ortho nitro benzene ring substituents is 1. The Bertz CT molecular complexity index is 839. The van der Waals surface area contributed by atoms with Crippen LogP contribution in [0, 0.1) is 27.6 Å². The van der Waals surface area contributed by atoms with E-state index in [1.807, 2.05) is 0 Å². The number of carbonyl (C=O) groups is 1. The molecule has 23 heavy (non-hydrogen) atoms. The number of carbonyl (C=O) groups excluding carboxylic acids is 1. The third-order valence-electron chi connectivity index (χ3n) is 3.69. The summed E-state index contributed by atoms with van der Waals surface area (Å²) in [6, 6.07) is 5.55. The number of benzene rings is 2. The molecule has 0 N–H and O–H groups in total. The summed E-state index contributed by atoms with van der Waals surface area (Å²) in [6.45, 7) is 0.174. The zero-order valence-electron chi connectivity index (χ0n) is 11.6. The van der Waals surface area contributed by atoms with Gasteiger partial charge in [0.15, 0.2) is 17.5 Å². The first-order chi connectivity index (χ1) is 10.9. The summed E-state index contributed by atoms with van der Waals surface area (Å²) in [6.07, 6.45) is 0.435. The molecule has 0 radical (unpaired) electrons. The molecular weight excluding hydrogens is 313 g/mol. The molecular formula is C15H9F3N2O3. The summed E-state index contributed by atoms with van der Waals surface area (Å²) in [4.78, 5) is 23.7. The predicted molar refractivity (Wildman–Crippen MR) is 74.8 cm³/mol. The van der Waals surface area contributed by atoms with Crippen LogP contribution < -0.4 is 4.90 Å². The van der Waals surface area contributed by atoms with Gasteiger partial charge in [-0.25, -0.2) is 13.2 Å². The Balaban J connectivity index is 2.02. The van der Waals surface area contributed by atoms with Gasteiger partial charge < -0.3 is 4.90 Å². The average Bonchev–Trinajstić information content (AvgIpc) is 2.95. The Morgan fingerprint density at radius 3 is 2.57 bits per heavy atom. The molecule has 3 rings (SSSR count). The highest BCUT2D eigenvalue weighted by Gasteiger charge is 2.30. The van der Waals surface area contributed by atoms with Crippen LogP contribution in [0.4, 0.5) is 24.5 Å². The van der Waals surface area contributed by atoms with E-state index in [0.29, 0.717) is 18.1 Å². The minimum atomic E-state index is -1.73. The quantitative estimate of drug-likeness (QED) is 0.484. The molecule has 0 atom stereocenters. The Morgan fingerprint density at radius 2 is 1.87 bits per heavy atom. The summed E-state index contributed by atoms with van der Waals surface area (Å²) >= 11 is 0. The van der Waals surface area contributed by atoms with E-state index >= 15 is 0 Å². The minimum absolute atomic E-state index is 0.174. The lowest BCUT2D eigenvalue weighted by atomic mass is 10.1. The number of fused-ring (bicyclic) bond motifs is 1. The predicted octanol–water partition coefficient (Wildman–Crippen LogP) is 3.22. The topological polar surface area (TPSA) is 63.5 Å². The van der Waals surface area contributed by atoms with Crippen molar-refractivity contribution < 1.29 is 22.9 Å². The van der Waals surface area contributed by atoms with Crippen molar-refractivity contribution in [3.05, 3.63) is 69.0 Å². The first-order valence-electron chi connectivity index (χ1n) is 6.63. The van der Waals surface area contributed by atoms with Crippen LogP contribution in [-0.2, 0) is 6.42 Å². The van der Waals surface area contributed by atoms with Crippen LogP contribution >= 0.6 is 0 Å². The molecule has 0 aromatic heterocycles. The fraction of sp³-hybridized carbons (Fsp3) is 0.133. The molecule has 0 saturated carbocycles. The number of halogens is 3. The summed E-state index contributed by atoms with van der Waals surface area (Å²) < 4.78 is 40.0. The van der Waals surface area contributed by atoms with Crippen LogP contribution in [0.15, 0.2) is 30.3 Å². The zero-order chi connectivity index (χ0) is 16.7. The summed E-state index contributed by atoms with van der Waals surface area (Å²) in [5.41, 5.74) is 0.123. The third kappa shape index (κ3) is 2.41. The van der Waals surface area contributed by atoms with E-state index in [1.54, 1.807) is 0 Å². The maximum absolute atomic E-state index is 13.8. The molecule has 0 spiro atoms. The molecule has 8 heteroatoms. The van der Waals surface area contributed by atoms with E-state index in [9.17, 15) is 28.1 Å². The van der Waals surface area contributed by atoms with Crippen LogP contribution in [0.5, 0.6) is 0 Å². The number of rotatable bonds is 2. The minimum Gasteiger partial charge on any atom is -0.307 e. The first kappa shape index (κ1) is 15.0. The number of nitro groups is 1. The zero-order valence-corrected chi connectivity index (χ0v) is 11.6. The van der Waals surface area contributed by atoms with Gasteiger partial charge in [0.2, 0.25) is 0 Å². The van der Waals surface area contributed by atoms with Gasteiger partial charge in [-0.3, -0.25) is 14.9 Å². The van der Waals surface area contributed by atoms with E-state index in [4.69, 9.17) is 0 Å². The van der Waals surface area contributed by atoms with Gasteiger partial charge in [0.25, 0.3) is 11.6 Å². The molecule has 1 heterocycles. The van der Waals surface area contributed by atoms with Crippen molar-refractivity contribution in [2.24, 2.45) is 0 Å². The second-order valence-corrected chi connectivity index (χ2v) is 5.00. The Hall–Kier alpha value is -2.90. The molecule has 0 saturated heterocycles. The fourth-order valence-electron chi connectivity index (χ4n) is 2.53. The molecule has 118 valence electrons. The van der Waals surface area contributed by atoms with Crippen molar-refractivity contribution in [3.8, 4) is 0 Å². The molecule has 0 unspecified atom stereocenters. The third-order valence-corrected chi connectivity index (χ3v) is 3.69. The molecule has 0 fully saturated rings. The van der Waals surface area contributed by atoms with Gasteiger partial charge in [-0.15, -0.1) is 0 Å². The summed E-state index contributed by atoms with van der Waals surface area (Å²) in [5.74, 6) is -5.57. The van der Waals surface area contributed by atoms with Gasteiger partial charge in [-0.2, -0.15) is 0 Å². The Morgan fingerprint density at radius 1 is 1.13 bits per heavy atom. The van der Waals surface area contributed by atoms with Gasteiger partial charge in [0.05, 0.1) is 16.2 Å². The van der Waals surface area contributed by atoms with Crippen LogP contribution in [-0.4, -0.2) is 17.4 Å². The van der Waals surface area contributed by atoms with Crippen molar-refractivity contribution in [1.82, 2.24) is 0 Å². The molecule has 1 aliphatic rings. The lowest BCUT2D eigenvalue weighted by Crippen LogP contribution is -2.30. The van der Waals surface area contributed by atoms with E-state index < -0.39 is 33.8 Å². The average molecular weight is 322 g/mol. The molecule has 2 aromatic carbocycles. The highest BCUT2D eigenvalue weighted by atomic mass is 19.2. The van der Waals surface area contributed by atoms with Gasteiger partial charge >= 0.3 is 0 Å². The van der Waals surface area contributed by atoms with Crippen LogP contribution in [0.25, 0.3) is 0 Å². The lowest BCUT2D eigenvalue weighted by molar-refractivity contribution is -0.384. The molecule has 0 aliphatic carbocycles. The highest BCUT2D eigenvalue weighted by molar-refractivity contribution is 6.07. The van der Waals surface area contributed by atoms with Crippen LogP contribution in [0.2, 0.25) is 0 Å². The van der Waals surface area contributed by atoms with Gasteiger partial charge in [-0.05, 0) is 24.1 Å². The maximum atomic E-state index is 13.8. The second-order valence-electron chi connectivity index (χ2n) is 5.00. The molecule has 1 aliphatic heterocycles. The smallest absolute Gasteiger partial charge is 0.271 e. The number of nitro benzene ring substituents is 1. The number of nitrogens with zero attached hydrogens (tertiary/aromatic N) is 2. The van der Waals surface area contributed by atoms with Gasteiger partial charge in [-0.1, -0.05) is 6.07 Å². The van der Waals surface area contributed by atoms with Gasteiger partial charge in [0.1, 0.15) is 0 Å². The number of amides is 1. The SMILES string of the molecule is O=C(c1ccc(F)c(F)c1F)N1CCc2ccc([N+](=O)[O-])cc21.